The van der Waals surface area contributed by atoms with E-state index in [1.807, 2.05) is 25.1 Å². The van der Waals surface area contributed by atoms with Gasteiger partial charge in [-0.1, -0.05) is 12.1 Å². The van der Waals surface area contributed by atoms with Crippen LogP contribution in [0, 0.1) is 6.92 Å². The van der Waals surface area contributed by atoms with E-state index in [2.05, 4.69) is 4.98 Å². The fourth-order valence-corrected chi connectivity index (χ4v) is 1.70. The number of carboxylic acids is 1. The van der Waals surface area contributed by atoms with E-state index in [9.17, 15) is 4.79 Å². The molecule has 98 valence electrons. The van der Waals surface area contributed by atoms with Crippen molar-refractivity contribution in [2.24, 2.45) is 0 Å². The van der Waals surface area contributed by atoms with Crippen LogP contribution in [0.25, 0.3) is 0 Å². The van der Waals surface area contributed by atoms with Crippen LogP contribution in [0.2, 0.25) is 0 Å². The Hall–Kier alpha value is -2.36. The summed E-state index contributed by atoms with van der Waals surface area (Å²) in [7, 11) is 0. The number of aromatic carboxylic acids is 1. The van der Waals surface area contributed by atoms with Gasteiger partial charge in [0.05, 0.1) is 12.2 Å². The molecule has 0 saturated carbocycles. The minimum Gasteiger partial charge on any atom is -0.493 e. The molecule has 19 heavy (non-hydrogen) atoms. The lowest BCUT2D eigenvalue weighted by molar-refractivity contribution is 0.0696. The van der Waals surface area contributed by atoms with E-state index in [0.29, 0.717) is 18.8 Å². The lowest BCUT2D eigenvalue weighted by Gasteiger charge is -2.09. The smallest absolute Gasteiger partial charge is 0.335 e. The Morgan fingerprint density at radius 2 is 2.16 bits per heavy atom. The molecule has 0 aliphatic heterocycles. The second-order valence-corrected chi connectivity index (χ2v) is 4.20. The molecule has 0 aliphatic rings. The number of pyridine rings is 1. The van der Waals surface area contributed by atoms with E-state index >= 15 is 0 Å². The van der Waals surface area contributed by atoms with E-state index in [-0.39, 0.29) is 5.56 Å². The highest BCUT2D eigenvalue weighted by atomic mass is 16.5. The first-order valence-corrected chi connectivity index (χ1v) is 6.03. The Kier molecular flexibility index (Phi) is 4.13. The van der Waals surface area contributed by atoms with Gasteiger partial charge in [0.1, 0.15) is 5.75 Å². The average molecular weight is 257 g/mol. The third-order valence-corrected chi connectivity index (χ3v) is 2.78. The first kappa shape index (κ1) is 13.1. The maximum absolute atomic E-state index is 10.9. The van der Waals surface area contributed by atoms with Crippen LogP contribution in [-0.2, 0) is 6.42 Å². The van der Waals surface area contributed by atoms with Crippen molar-refractivity contribution in [3.8, 4) is 5.75 Å². The summed E-state index contributed by atoms with van der Waals surface area (Å²) in [4.78, 5) is 15.1. The van der Waals surface area contributed by atoms with Crippen molar-refractivity contribution in [1.29, 1.82) is 0 Å². The molecule has 0 bridgehead atoms. The van der Waals surface area contributed by atoms with Gasteiger partial charge in [-0.05, 0) is 36.8 Å². The van der Waals surface area contributed by atoms with Crippen LogP contribution in [0.1, 0.15) is 21.6 Å². The summed E-state index contributed by atoms with van der Waals surface area (Å²) in [5.74, 6) is -0.342. The Balaban J connectivity index is 1.99. The van der Waals surface area contributed by atoms with Crippen LogP contribution in [-0.4, -0.2) is 22.7 Å². The molecule has 0 radical (unpaired) electrons. The van der Waals surface area contributed by atoms with Crippen molar-refractivity contribution in [1.82, 2.24) is 4.98 Å². The Morgan fingerprint density at radius 3 is 2.84 bits per heavy atom. The molecule has 1 aromatic heterocycles. The van der Waals surface area contributed by atoms with Gasteiger partial charge in [-0.3, -0.25) is 4.98 Å². The molecular formula is C15H15NO3. The van der Waals surface area contributed by atoms with Crippen molar-refractivity contribution >= 4 is 5.97 Å². The average Bonchev–Trinajstić information content (AvgIpc) is 2.42. The maximum atomic E-state index is 10.9. The first-order valence-electron chi connectivity index (χ1n) is 6.03. The van der Waals surface area contributed by atoms with E-state index in [1.165, 1.54) is 0 Å². The normalized spacial score (nSPS) is 10.2. The number of carbonyl (C=O) groups is 1. The standard InChI is InChI=1S/C15H15NO3/c1-11-5-6-12(15(17)18)10-14(11)19-9-7-13-4-2-3-8-16-13/h2-6,8,10H,7,9H2,1H3,(H,17,18). The Labute approximate surface area is 111 Å². The van der Waals surface area contributed by atoms with Gasteiger partial charge in [0.25, 0.3) is 0 Å². The van der Waals surface area contributed by atoms with Crippen molar-refractivity contribution in [3.63, 3.8) is 0 Å². The zero-order chi connectivity index (χ0) is 13.7. The third kappa shape index (κ3) is 3.55. The number of aryl methyl sites for hydroxylation is 1. The number of hydrogen-bond acceptors (Lipinski definition) is 3. The van der Waals surface area contributed by atoms with Gasteiger partial charge in [0, 0.05) is 18.3 Å². The Bertz CT molecular complexity index is 567. The van der Waals surface area contributed by atoms with Crippen LogP contribution < -0.4 is 4.74 Å². The van der Waals surface area contributed by atoms with Crippen molar-refractivity contribution < 1.29 is 14.6 Å². The molecule has 2 rings (SSSR count). The van der Waals surface area contributed by atoms with Crippen molar-refractivity contribution in [3.05, 3.63) is 59.4 Å². The number of nitrogens with zero attached hydrogens (tertiary/aromatic N) is 1. The minimum atomic E-state index is -0.949. The predicted octanol–water partition coefficient (Wildman–Crippen LogP) is 2.71. The van der Waals surface area contributed by atoms with Gasteiger partial charge in [0.2, 0.25) is 0 Å². The van der Waals surface area contributed by atoms with Gasteiger partial charge in [-0.2, -0.15) is 0 Å². The van der Waals surface area contributed by atoms with E-state index in [0.717, 1.165) is 11.3 Å². The molecule has 0 fully saturated rings. The SMILES string of the molecule is Cc1ccc(C(=O)O)cc1OCCc1ccccn1. The van der Waals surface area contributed by atoms with Gasteiger partial charge in [-0.25, -0.2) is 4.79 Å². The molecule has 0 atom stereocenters. The summed E-state index contributed by atoms with van der Waals surface area (Å²) < 4.78 is 5.63. The molecule has 1 aromatic carbocycles. The molecule has 1 heterocycles. The summed E-state index contributed by atoms with van der Waals surface area (Å²) in [6.07, 6.45) is 2.43. The second kappa shape index (κ2) is 6.00. The zero-order valence-electron chi connectivity index (χ0n) is 10.7. The fourth-order valence-electron chi connectivity index (χ4n) is 1.70. The quantitative estimate of drug-likeness (QED) is 0.894. The van der Waals surface area contributed by atoms with E-state index < -0.39 is 5.97 Å². The monoisotopic (exact) mass is 257 g/mol. The largest absolute Gasteiger partial charge is 0.493 e. The van der Waals surface area contributed by atoms with Crippen molar-refractivity contribution in [2.45, 2.75) is 13.3 Å². The number of hydrogen-bond donors (Lipinski definition) is 1. The Morgan fingerprint density at radius 1 is 1.32 bits per heavy atom. The molecule has 4 heteroatoms. The van der Waals surface area contributed by atoms with Gasteiger partial charge < -0.3 is 9.84 Å². The summed E-state index contributed by atoms with van der Waals surface area (Å²) in [5, 5.41) is 8.94. The van der Waals surface area contributed by atoms with Crippen molar-refractivity contribution in [2.75, 3.05) is 6.61 Å². The molecule has 4 nitrogen and oxygen atoms in total. The fraction of sp³-hybridized carbons (Fsp3) is 0.200. The van der Waals surface area contributed by atoms with Crippen LogP contribution in [0.15, 0.2) is 42.6 Å². The van der Waals surface area contributed by atoms with Crippen LogP contribution >= 0.6 is 0 Å². The molecule has 0 unspecified atom stereocenters. The first-order chi connectivity index (χ1) is 9.16. The topological polar surface area (TPSA) is 59.4 Å². The number of ether oxygens (including phenoxy) is 1. The lowest BCUT2D eigenvalue weighted by atomic mass is 10.1. The molecule has 2 aromatic rings. The van der Waals surface area contributed by atoms with Gasteiger partial charge in [0.15, 0.2) is 0 Å². The van der Waals surface area contributed by atoms with E-state index in [1.54, 1.807) is 24.4 Å². The van der Waals surface area contributed by atoms with Crippen LogP contribution in [0.4, 0.5) is 0 Å². The zero-order valence-corrected chi connectivity index (χ0v) is 10.7. The van der Waals surface area contributed by atoms with Crippen LogP contribution in [0.3, 0.4) is 0 Å². The highest BCUT2D eigenvalue weighted by Gasteiger charge is 2.07. The third-order valence-electron chi connectivity index (χ3n) is 2.78. The van der Waals surface area contributed by atoms with Crippen LogP contribution in [0.5, 0.6) is 5.75 Å². The highest BCUT2D eigenvalue weighted by molar-refractivity contribution is 5.88. The predicted molar refractivity (Wildman–Crippen MR) is 71.6 cm³/mol. The molecule has 1 N–H and O–H groups in total. The number of rotatable bonds is 5. The number of aromatic nitrogens is 1. The molecule has 0 saturated heterocycles. The maximum Gasteiger partial charge on any atom is 0.335 e. The summed E-state index contributed by atoms with van der Waals surface area (Å²) in [6, 6.07) is 10.6. The molecular weight excluding hydrogens is 242 g/mol. The van der Waals surface area contributed by atoms with Gasteiger partial charge in [-0.15, -0.1) is 0 Å². The molecule has 0 aliphatic carbocycles. The van der Waals surface area contributed by atoms with E-state index in [4.69, 9.17) is 9.84 Å². The highest BCUT2D eigenvalue weighted by Crippen LogP contribution is 2.19. The summed E-state index contributed by atoms with van der Waals surface area (Å²) >= 11 is 0. The lowest BCUT2D eigenvalue weighted by Crippen LogP contribution is -2.05. The summed E-state index contributed by atoms with van der Waals surface area (Å²) in [6.45, 7) is 2.36. The number of carboxylic acid groups (broad SMARTS) is 1. The summed E-state index contributed by atoms with van der Waals surface area (Å²) in [5.41, 5.74) is 2.11. The van der Waals surface area contributed by atoms with Gasteiger partial charge >= 0.3 is 5.97 Å². The number of benzene rings is 1. The second-order valence-electron chi connectivity index (χ2n) is 4.20. The minimum absolute atomic E-state index is 0.235. The molecule has 0 amide bonds. The molecule has 0 spiro atoms.